The molecule has 0 aliphatic heterocycles. The van der Waals surface area contributed by atoms with Gasteiger partial charge in [0.25, 0.3) is 0 Å². The summed E-state index contributed by atoms with van der Waals surface area (Å²) in [4.78, 5) is 0. The van der Waals surface area contributed by atoms with Gasteiger partial charge in [-0.25, -0.2) is 0 Å². The first kappa shape index (κ1) is 11.4. The first-order valence-electron chi connectivity index (χ1n) is 4.14. The molecule has 0 aromatic rings. The summed E-state index contributed by atoms with van der Waals surface area (Å²) in [5.41, 5.74) is 0. The summed E-state index contributed by atoms with van der Waals surface area (Å²) in [6.07, 6.45) is 2.97. The molecule has 0 heterocycles. The molecule has 0 atom stereocenters. The van der Waals surface area contributed by atoms with Crippen LogP contribution < -0.4 is 0 Å². The first-order valence-corrected chi connectivity index (χ1v) is 6.04. The average Bonchev–Trinajstić information content (AvgIpc) is 1.87. The fraction of sp³-hybridized carbons (Fsp3) is 1.00. The number of aliphatic hydroxyl groups is 2. The highest BCUT2D eigenvalue weighted by atomic mass is 31.1. The minimum absolute atomic E-state index is 0.100. The highest BCUT2D eigenvalue weighted by Gasteiger charge is 2.08. The van der Waals surface area contributed by atoms with Crippen LogP contribution in [0.3, 0.4) is 0 Å². The molecule has 2 N–H and O–H groups in total. The van der Waals surface area contributed by atoms with Crippen molar-refractivity contribution in [2.24, 2.45) is 5.92 Å². The van der Waals surface area contributed by atoms with Crippen LogP contribution in [0.2, 0.25) is 0 Å². The third kappa shape index (κ3) is 6.74. The molecular weight excluding hydrogens is 159 g/mol. The van der Waals surface area contributed by atoms with Gasteiger partial charge in [0.05, 0.1) is 0 Å². The van der Waals surface area contributed by atoms with Gasteiger partial charge in [0.15, 0.2) is 0 Å². The van der Waals surface area contributed by atoms with E-state index in [1.54, 1.807) is 0 Å². The maximum absolute atomic E-state index is 8.71. The van der Waals surface area contributed by atoms with Crippen molar-refractivity contribution in [1.29, 1.82) is 0 Å². The van der Waals surface area contributed by atoms with Crippen molar-refractivity contribution >= 4 is 7.92 Å². The van der Waals surface area contributed by atoms with Crippen molar-refractivity contribution in [2.75, 3.05) is 31.7 Å². The Morgan fingerprint density at radius 2 is 1.55 bits per heavy atom. The molecule has 0 unspecified atom stereocenters. The second-order valence-electron chi connectivity index (χ2n) is 3.14. The van der Waals surface area contributed by atoms with Crippen LogP contribution in [0.15, 0.2) is 0 Å². The van der Waals surface area contributed by atoms with Crippen LogP contribution in [0.5, 0.6) is 0 Å². The zero-order chi connectivity index (χ0) is 8.69. The summed E-state index contributed by atoms with van der Waals surface area (Å²) in [7, 11) is -0.100. The second-order valence-corrected chi connectivity index (χ2v) is 5.74. The van der Waals surface area contributed by atoms with E-state index in [-0.39, 0.29) is 21.1 Å². The molecule has 0 saturated carbocycles. The van der Waals surface area contributed by atoms with E-state index in [1.165, 1.54) is 6.16 Å². The van der Waals surface area contributed by atoms with Crippen LogP contribution in [-0.2, 0) is 0 Å². The lowest BCUT2D eigenvalue weighted by atomic mass is 10.3. The number of aliphatic hydroxyl groups excluding tert-OH is 2. The molecule has 0 bridgehead atoms. The van der Waals surface area contributed by atoms with E-state index in [2.05, 4.69) is 13.8 Å². The van der Waals surface area contributed by atoms with Crippen LogP contribution in [0, 0.1) is 5.92 Å². The van der Waals surface area contributed by atoms with Crippen LogP contribution >= 0.6 is 7.92 Å². The van der Waals surface area contributed by atoms with Gasteiger partial charge in [0, 0.05) is 13.2 Å². The van der Waals surface area contributed by atoms with Crippen molar-refractivity contribution in [3.05, 3.63) is 0 Å². The van der Waals surface area contributed by atoms with Gasteiger partial charge in [-0.3, -0.25) is 0 Å². The summed E-state index contributed by atoms with van der Waals surface area (Å²) in [5, 5.41) is 17.4. The monoisotopic (exact) mass is 178 g/mol. The fourth-order valence-corrected chi connectivity index (χ4v) is 3.28. The molecule has 11 heavy (non-hydrogen) atoms. The van der Waals surface area contributed by atoms with Gasteiger partial charge in [0.2, 0.25) is 0 Å². The van der Waals surface area contributed by atoms with Crippen LogP contribution in [0.1, 0.15) is 13.8 Å². The molecule has 2 nitrogen and oxygen atoms in total. The molecule has 0 radical (unpaired) electrons. The van der Waals surface area contributed by atoms with Gasteiger partial charge in [-0.1, -0.05) is 13.8 Å². The Morgan fingerprint density at radius 3 is 1.82 bits per heavy atom. The van der Waals surface area contributed by atoms with Gasteiger partial charge < -0.3 is 10.2 Å². The molecule has 0 saturated heterocycles. The average molecular weight is 178 g/mol. The van der Waals surface area contributed by atoms with Crippen LogP contribution in [0.4, 0.5) is 0 Å². The zero-order valence-electron chi connectivity index (χ0n) is 7.45. The van der Waals surface area contributed by atoms with Gasteiger partial charge in [0.1, 0.15) is 0 Å². The Hall–Kier alpha value is 0.350. The molecular formula is C8H19O2P. The van der Waals surface area contributed by atoms with Crippen LogP contribution in [0.25, 0.3) is 0 Å². The summed E-state index contributed by atoms with van der Waals surface area (Å²) in [6, 6.07) is 0. The Morgan fingerprint density at radius 1 is 1.09 bits per heavy atom. The topological polar surface area (TPSA) is 40.5 Å². The molecule has 0 rings (SSSR count). The maximum atomic E-state index is 8.71. The van der Waals surface area contributed by atoms with E-state index >= 15 is 0 Å². The third-order valence-corrected chi connectivity index (χ3v) is 4.37. The van der Waals surface area contributed by atoms with Crippen molar-refractivity contribution in [3.63, 3.8) is 0 Å². The molecule has 3 heteroatoms. The lowest BCUT2D eigenvalue weighted by molar-refractivity contribution is 0.315. The van der Waals surface area contributed by atoms with Gasteiger partial charge in [-0.15, -0.1) is 7.92 Å². The van der Waals surface area contributed by atoms with E-state index in [4.69, 9.17) is 10.2 Å². The lowest BCUT2D eigenvalue weighted by Gasteiger charge is -2.17. The summed E-state index contributed by atoms with van der Waals surface area (Å²) >= 11 is 0. The van der Waals surface area contributed by atoms with Gasteiger partial charge in [-0.2, -0.15) is 0 Å². The normalized spacial score (nSPS) is 11.5. The molecule has 68 valence electrons. The van der Waals surface area contributed by atoms with Crippen molar-refractivity contribution in [3.8, 4) is 0 Å². The maximum Gasteiger partial charge on any atom is 0.0470 e. The van der Waals surface area contributed by atoms with E-state index in [0.29, 0.717) is 5.92 Å². The minimum Gasteiger partial charge on any atom is -0.396 e. The fourth-order valence-electron chi connectivity index (χ4n) is 1.09. The first-order chi connectivity index (χ1) is 5.20. The molecule has 0 amide bonds. The van der Waals surface area contributed by atoms with Crippen molar-refractivity contribution < 1.29 is 10.2 Å². The third-order valence-electron chi connectivity index (χ3n) is 1.46. The van der Waals surface area contributed by atoms with Gasteiger partial charge >= 0.3 is 0 Å². The summed E-state index contributed by atoms with van der Waals surface area (Å²) in [6.45, 7) is 4.92. The molecule has 0 aliphatic carbocycles. The van der Waals surface area contributed by atoms with E-state index < -0.39 is 0 Å². The molecule has 0 fully saturated rings. The SMILES string of the molecule is CC(C)CP(CCO)CCO. The lowest BCUT2D eigenvalue weighted by Crippen LogP contribution is -2.05. The standard InChI is InChI=1S/C8H19O2P/c1-8(2)7-11(5-3-9)6-4-10/h8-10H,3-7H2,1-2H3. The Balaban J connectivity index is 3.50. The second kappa shape index (κ2) is 7.02. The largest absolute Gasteiger partial charge is 0.396 e. The Kier molecular flexibility index (Phi) is 7.25. The smallest absolute Gasteiger partial charge is 0.0470 e. The van der Waals surface area contributed by atoms with E-state index in [0.717, 1.165) is 12.3 Å². The predicted molar refractivity (Wildman–Crippen MR) is 50.5 cm³/mol. The predicted octanol–water partition coefficient (Wildman–Crippen LogP) is 1.11. The molecule has 0 aromatic heterocycles. The minimum atomic E-state index is -0.100. The quantitative estimate of drug-likeness (QED) is 0.598. The highest BCUT2D eigenvalue weighted by molar-refractivity contribution is 7.57. The van der Waals surface area contributed by atoms with E-state index in [1.807, 2.05) is 0 Å². The molecule has 0 spiro atoms. The Bertz CT molecular complexity index is 80.2. The summed E-state index contributed by atoms with van der Waals surface area (Å²) < 4.78 is 0. The number of hydrogen-bond acceptors (Lipinski definition) is 2. The highest BCUT2D eigenvalue weighted by Crippen LogP contribution is 2.36. The zero-order valence-corrected chi connectivity index (χ0v) is 8.35. The van der Waals surface area contributed by atoms with Crippen molar-refractivity contribution in [2.45, 2.75) is 13.8 Å². The molecule has 0 aromatic carbocycles. The van der Waals surface area contributed by atoms with Gasteiger partial charge in [-0.05, 0) is 24.4 Å². The molecule has 0 aliphatic rings. The summed E-state index contributed by atoms with van der Waals surface area (Å²) in [5.74, 6) is 0.694. The van der Waals surface area contributed by atoms with E-state index in [9.17, 15) is 0 Å². The Labute approximate surface area is 70.4 Å². The number of hydrogen-bond donors (Lipinski definition) is 2. The van der Waals surface area contributed by atoms with Crippen molar-refractivity contribution in [1.82, 2.24) is 0 Å². The van der Waals surface area contributed by atoms with Crippen LogP contribution in [-0.4, -0.2) is 41.9 Å². The number of rotatable bonds is 6.